The molecule has 0 aliphatic heterocycles. The second kappa shape index (κ2) is 9.33. The number of fused-ring (bicyclic) bond motifs is 1. The van der Waals surface area contributed by atoms with Crippen molar-refractivity contribution in [2.24, 2.45) is 0 Å². The first-order valence-corrected chi connectivity index (χ1v) is 9.36. The van der Waals surface area contributed by atoms with Gasteiger partial charge in [0.1, 0.15) is 11.6 Å². The summed E-state index contributed by atoms with van der Waals surface area (Å²) in [7, 11) is 0. The Kier molecular flexibility index (Phi) is 6.59. The van der Waals surface area contributed by atoms with Gasteiger partial charge in [-0.15, -0.1) is 0 Å². The van der Waals surface area contributed by atoms with Crippen molar-refractivity contribution < 1.29 is 9.50 Å². The van der Waals surface area contributed by atoms with E-state index in [0.29, 0.717) is 29.7 Å². The first-order valence-electron chi connectivity index (χ1n) is 9.36. The molecule has 6 heteroatoms. The number of hydrogen-bond donors (Lipinski definition) is 3. The van der Waals surface area contributed by atoms with E-state index in [9.17, 15) is 14.3 Å². The summed E-state index contributed by atoms with van der Waals surface area (Å²) in [6.45, 7) is 0. The van der Waals surface area contributed by atoms with Crippen LogP contribution in [0.25, 0.3) is 10.8 Å². The van der Waals surface area contributed by atoms with Crippen LogP contribution < -0.4 is 10.9 Å². The van der Waals surface area contributed by atoms with E-state index in [1.54, 1.807) is 24.5 Å². The highest BCUT2D eigenvalue weighted by Crippen LogP contribution is 2.27. The summed E-state index contributed by atoms with van der Waals surface area (Å²) in [5.41, 5.74) is 2.11. The molecule has 2 aromatic heterocycles. The summed E-state index contributed by atoms with van der Waals surface area (Å²) in [5.74, 6) is 0.0688. The van der Waals surface area contributed by atoms with Gasteiger partial charge >= 0.3 is 0 Å². The Labute approximate surface area is 174 Å². The van der Waals surface area contributed by atoms with E-state index in [1.807, 2.05) is 36.4 Å². The Morgan fingerprint density at radius 2 is 1.80 bits per heavy atom. The van der Waals surface area contributed by atoms with E-state index in [0.717, 1.165) is 16.5 Å². The number of H-pyrrole nitrogens is 1. The summed E-state index contributed by atoms with van der Waals surface area (Å²) in [6, 6.07) is 17.2. The highest BCUT2D eigenvalue weighted by Gasteiger charge is 2.13. The highest BCUT2D eigenvalue weighted by molar-refractivity contribution is 5.94. The molecular weight excluding hydrogens is 381 g/mol. The molecule has 0 amide bonds. The molecule has 0 saturated carbocycles. The van der Waals surface area contributed by atoms with E-state index in [4.69, 9.17) is 0 Å². The monoisotopic (exact) mass is 405 g/mol. The van der Waals surface area contributed by atoms with Crippen molar-refractivity contribution in [1.29, 1.82) is 0 Å². The fraction of sp³-hybridized carbons (Fsp3) is 0.167. The molecule has 1 unspecified atom stereocenters. The number of aromatic nitrogens is 2. The lowest BCUT2D eigenvalue weighted by Gasteiger charge is -2.14. The molecule has 0 saturated heterocycles. The maximum atomic E-state index is 13.1. The molecule has 0 spiro atoms. The number of nitrogens with one attached hydrogen (secondary N) is 2. The van der Waals surface area contributed by atoms with Gasteiger partial charge < -0.3 is 15.4 Å². The molecule has 30 heavy (non-hydrogen) atoms. The third-order valence-corrected chi connectivity index (χ3v) is 4.87. The third kappa shape index (κ3) is 4.55. The molecule has 0 aliphatic carbocycles. The largest absolute Gasteiger partial charge is 0.388 e. The van der Waals surface area contributed by atoms with Crippen LogP contribution >= 0.6 is 0 Å². The van der Waals surface area contributed by atoms with Crippen LogP contribution in [0.2, 0.25) is 0 Å². The lowest BCUT2D eigenvalue weighted by molar-refractivity contribution is 0.168. The molecular formula is C24H24FN3O2. The fourth-order valence-corrected chi connectivity index (χ4v) is 3.36. The van der Waals surface area contributed by atoms with Gasteiger partial charge in [0.15, 0.2) is 0 Å². The minimum absolute atomic E-state index is 0. The lowest BCUT2D eigenvalue weighted by Crippen LogP contribution is -2.10. The number of aliphatic hydroxyl groups is 1. The van der Waals surface area contributed by atoms with Crippen molar-refractivity contribution >= 4 is 22.3 Å². The number of hydrogen-bond acceptors (Lipinski definition) is 4. The van der Waals surface area contributed by atoms with Crippen molar-refractivity contribution in [1.82, 2.24) is 9.97 Å². The number of aryl methyl sites for hydroxylation is 1. The molecule has 4 rings (SSSR count). The predicted octanol–water partition coefficient (Wildman–Crippen LogP) is 5.11. The molecule has 3 N–H and O–H groups in total. The second-order valence-corrected chi connectivity index (χ2v) is 6.82. The third-order valence-electron chi connectivity index (χ3n) is 4.87. The maximum absolute atomic E-state index is 13.1. The van der Waals surface area contributed by atoms with Crippen molar-refractivity contribution in [2.45, 2.75) is 26.4 Å². The molecule has 2 heterocycles. The average Bonchev–Trinajstić information content (AvgIpc) is 2.75. The van der Waals surface area contributed by atoms with Crippen molar-refractivity contribution in [3.63, 3.8) is 0 Å². The van der Waals surface area contributed by atoms with Crippen LogP contribution in [0, 0.1) is 5.82 Å². The number of benzene rings is 2. The summed E-state index contributed by atoms with van der Waals surface area (Å²) in [6.07, 6.45) is 3.80. The summed E-state index contributed by atoms with van der Waals surface area (Å²) in [4.78, 5) is 19.6. The first kappa shape index (κ1) is 21.2. The van der Waals surface area contributed by atoms with Crippen LogP contribution in [-0.4, -0.2) is 15.1 Å². The van der Waals surface area contributed by atoms with Crippen molar-refractivity contribution in [2.75, 3.05) is 5.32 Å². The van der Waals surface area contributed by atoms with E-state index in [1.165, 1.54) is 12.1 Å². The molecule has 0 bridgehead atoms. The normalized spacial score (nSPS) is 11.7. The molecule has 1 atom stereocenters. The van der Waals surface area contributed by atoms with Crippen LogP contribution in [0.15, 0.2) is 77.9 Å². The quantitative estimate of drug-likeness (QED) is 0.417. The Balaban J connectivity index is 0.00000256. The summed E-state index contributed by atoms with van der Waals surface area (Å²) < 4.78 is 13.1. The standard InChI is InChI=1S/C23H20FN3O2.CH4/c24-17-7-9-18(10-8-17)27-22-21-19(12-13-25-23(21)29)16(14-26-22)6-11-20(28)15-4-2-1-3-5-15;/h1-5,7-10,12-14,20,28H,6,11H2,(H,25,29)(H,26,27);1H4. The van der Waals surface area contributed by atoms with Gasteiger partial charge in [0.25, 0.3) is 5.56 Å². The van der Waals surface area contributed by atoms with Crippen LogP contribution in [0.1, 0.15) is 31.1 Å². The van der Waals surface area contributed by atoms with Crippen molar-refractivity contribution in [3.8, 4) is 0 Å². The maximum Gasteiger partial charge on any atom is 0.259 e. The van der Waals surface area contributed by atoms with E-state index in [-0.39, 0.29) is 18.8 Å². The zero-order chi connectivity index (χ0) is 20.2. The fourth-order valence-electron chi connectivity index (χ4n) is 3.36. The zero-order valence-electron chi connectivity index (χ0n) is 15.6. The van der Waals surface area contributed by atoms with Gasteiger partial charge in [0.05, 0.1) is 11.5 Å². The highest BCUT2D eigenvalue weighted by atomic mass is 19.1. The number of nitrogens with zero attached hydrogens (tertiary/aromatic N) is 1. The number of aromatic amines is 1. The van der Waals surface area contributed by atoms with Gasteiger partial charge in [-0.2, -0.15) is 0 Å². The molecule has 2 aromatic carbocycles. The first-order chi connectivity index (χ1) is 14.1. The summed E-state index contributed by atoms with van der Waals surface area (Å²) >= 11 is 0. The van der Waals surface area contributed by atoms with Crippen LogP contribution in [0.5, 0.6) is 0 Å². The van der Waals surface area contributed by atoms with Gasteiger partial charge in [-0.05, 0) is 59.7 Å². The van der Waals surface area contributed by atoms with Gasteiger partial charge in [-0.25, -0.2) is 9.37 Å². The Bertz CT molecular complexity index is 1170. The van der Waals surface area contributed by atoms with Gasteiger partial charge in [-0.3, -0.25) is 4.79 Å². The SMILES string of the molecule is C.O=c1[nH]ccc2c(CCC(O)c3ccccc3)cnc(Nc3ccc(F)cc3)c12. The molecule has 0 radical (unpaired) electrons. The van der Waals surface area contributed by atoms with E-state index in [2.05, 4.69) is 15.3 Å². The van der Waals surface area contributed by atoms with Gasteiger partial charge in [-0.1, -0.05) is 37.8 Å². The van der Waals surface area contributed by atoms with E-state index < -0.39 is 6.10 Å². The number of pyridine rings is 2. The summed E-state index contributed by atoms with van der Waals surface area (Å²) in [5, 5.41) is 14.7. The van der Waals surface area contributed by atoms with Crippen LogP contribution in [-0.2, 0) is 6.42 Å². The van der Waals surface area contributed by atoms with Crippen LogP contribution in [0.3, 0.4) is 0 Å². The van der Waals surface area contributed by atoms with E-state index >= 15 is 0 Å². The predicted molar refractivity (Wildman–Crippen MR) is 119 cm³/mol. The Hall–Kier alpha value is -3.51. The topological polar surface area (TPSA) is 78.0 Å². The lowest BCUT2D eigenvalue weighted by atomic mass is 9.99. The minimum Gasteiger partial charge on any atom is -0.388 e. The zero-order valence-corrected chi connectivity index (χ0v) is 15.6. The van der Waals surface area contributed by atoms with Crippen molar-refractivity contribution in [3.05, 3.63) is 100 Å². The number of halogens is 1. The molecule has 5 nitrogen and oxygen atoms in total. The molecule has 154 valence electrons. The molecule has 0 aliphatic rings. The van der Waals surface area contributed by atoms with Gasteiger partial charge in [0, 0.05) is 18.1 Å². The number of anilines is 2. The Morgan fingerprint density at radius 3 is 2.53 bits per heavy atom. The minimum atomic E-state index is -0.592. The smallest absolute Gasteiger partial charge is 0.259 e. The number of aliphatic hydroxyl groups excluding tert-OH is 1. The number of rotatable bonds is 6. The molecule has 0 fully saturated rings. The molecule has 4 aromatic rings. The average molecular weight is 405 g/mol. The van der Waals surface area contributed by atoms with Crippen LogP contribution in [0.4, 0.5) is 15.9 Å². The van der Waals surface area contributed by atoms with Gasteiger partial charge in [0.2, 0.25) is 0 Å². The second-order valence-electron chi connectivity index (χ2n) is 6.82. The Morgan fingerprint density at radius 1 is 1.07 bits per heavy atom.